The van der Waals surface area contributed by atoms with Crippen molar-refractivity contribution in [3.05, 3.63) is 69.5 Å². The lowest BCUT2D eigenvalue weighted by atomic mass is 9.83. The molecule has 2 N–H and O–H groups in total. The Balaban J connectivity index is 2.43. The largest absolute Gasteiger partial charge is 0.321 e. The molecule has 0 spiro atoms. The van der Waals surface area contributed by atoms with Crippen LogP contribution in [0.1, 0.15) is 29.2 Å². The molecule has 0 radical (unpaired) electrons. The maximum absolute atomic E-state index is 13.9. The van der Waals surface area contributed by atoms with E-state index in [4.69, 9.17) is 17.3 Å². The summed E-state index contributed by atoms with van der Waals surface area (Å²) in [6, 6.07) is 10.9. The van der Waals surface area contributed by atoms with Gasteiger partial charge in [-0.05, 0) is 50.5 Å². The van der Waals surface area contributed by atoms with Gasteiger partial charge in [0.2, 0.25) is 0 Å². The van der Waals surface area contributed by atoms with Crippen LogP contribution in [0.3, 0.4) is 0 Å². The second-order valence-corrected chi connectivity index (χ2v) is 6.02. The topological polar surface area (TPSA) is 26.0 Å². The Bertz CT molecular complexity index is 615. The second kappa shape index (κ2) is 5.55. The molecule has 0 aliphatic carbocycles. The average Bonchev–Trinajstić information content (AvgIpc) is 2.37. The monoisotopic (exact) mass is 291 g/mol. The zero-order chi connectivity index (χ0) is 14.9. The van der Waals surface area contributed by atoms with E-state index in [1.807, 2.05) is 32.9 Å². The lowest BCUT2D eigenvalue weighted by Gasteiger charge is -2.28. The van der Waals surface area contributed by atoms with E-state index in [1.165, 1.54) is 6.07 Å². The molecule has 0 fully saturated rings. The average molecular weight is 292 g/mol. The van der Waals surface area contributed by atoms with Crippen LogP contribution in [0.5, 0.6) is 0 Å². The summed E-state index contributed by atoms with van der Waals surface area (Å²) in [6.45, 7) is 5.95. The van der Waals surface area contributed by atoms with Gasteiger partial charge in [-0.15, -0.1) is 0 Å². The van der Waals surface area contributed by atoms with Crippen molar-refractivity contribution >= 4 is 11.6 Å². The molecule has 106 valence electrons. The molecule has 0 saturated carbocycles. The Kier molecular flexibility index (Phi) is 4.17. The van der Waals surface area contributed by atoms with Crippen molar-refractivity contribution in [3.63, 3.8) is 0 Å². The summed E-state index contributed by atoms with van der Waals surface area (Å²) >= 11 is 6.10. The molecule has 1 unspecified atom stereocenters. The Morgan fingerprint density at radius 2 is 1.90 bits per heavy atom. The number of rotatable bonds is 3. The number of aryl methyl sites for hydroxylation is 2. The highest BCUT2D eigenvalue weighted by Crippen LogP contribution is 2.30. The molecule has 0 aliphatic heterocycles. The lowest BCUT2D eigenvalue weighted by molar-refractivity contribution is 0.473. The summed E-state index contributed by atoms with van der Waals surface area (Å²) in [5, 5.41) is 0.423. The highest BCUT2D eigenvalue weighted by atomic mass is 35.5. The first-order valence-electron chi connectivity index (χ1n) is 6.61. The summed E-state index contributed by atoms with van der Waals surface area (Å²) in [5.74, 6) is -0.306. The quantitative estimate of drug-likeness (QED) is 0.884. The standard InChI is InChI=1S/C17H19ClFN/c1-11-7-8-12(2)14(9-11)17(3,20)10-13-15(18)5-4-6-16(13)19/h4-9H,10,20H2,1-3H3. The van der Waals surface area contributed by atoms with Crippen molar-refractivity contribution in [1.29, 1.82) is 0 Å². The van der Waals surface area contributed by atoms with E-state index in [9.17, 15) is 4.39 Å². The van der Waals surface area contributed by atoms with Crippen molar-refractivity contribution < 1.29 is 4.39 Å². The van der Waals surface area contributed by atoms with Crippen LogP contribution in [-0.4, -0.2) is 0 Å². The predicted octanol–water partition coefficient (Wildman–Crippen LogP) is 4.51. The SMILES string of the molecule is Cc1ccc(C)c(C(C)(N)Cc2c(F)cccc2Cl)c1. The van der Waals surface area contributed by atoms with E-state index in [0.717, 1.165) is 16.7 Å². The maximum Gasteiger partial charge on any atom is 0.127 e. The molecule has 2 rings (SSSR count). The van der Waals surface area contributed by atoms with Gasteiger partial charge in [-0.1, -0.05) is 41.4 Å². The normalized spacial score (nSPS) is 14.1. The number of benzene rings is 2. The third-order valence-electron chi connectivity index (χ3n) is 3.61. The predicted molar refractivity (Wildman–Crippen MR) is 82.6 cm³/mol. The van der Waals surface area contributed by atoms with Crippen LogP contribution in [0.4, 0.5) is 4.39 Å². The minimum Gasteiger partial charge on any atom is -0.321 e. The molecular formula is C17H19ClFN. The number of nitrogens with two attached hydrogens (primary N) is 1. The zero-order valence-electron chi connectivity index (χ0n) is 12.0. The maximum atomic E-state index is 13.9. The number of halogens is 2. The molecule has 1 atom stereocenters. The number of hydrogen-bond acceptors (Lipinski definition) is 1. The molecule has 0 saturated heterocycles. The summed E-state index contributed by atoms with van der Waals surface area (Å²) in [4.78, 5) is 0. The molecule has 0 bridgehead atoms. The van der Waals surface area contributed by atoms with Crippen LogP contribution in [-0.2, 0) is 12.0 Å². The minimum atomic E-state index is -0.665. The molecule has 1 nitrogen and oxygen atoms in total. The lowest BCUT2D eigenvalue weighted by Crippen LogP contribution is -2.36. The zero-order valence-corrected chi connectivity index (χ0v) is 12.8. The fourth-order valence-corrected chi connectivity index (χ4v) is 2.74. The Labute approximate surface area is 124 Å². The van der Waals surface area contributed by atoms with Gasteiger partial charge in [0, 0.05) is 16.1 Å². The van der Waals surface area contributed by atoms with Gasteiger partial charge in [-0.3, -0.25) is 0 Å². The van der Waals surface area contributed by atoms with Gasteiger partial charge in [0.15, 0.2) is 0 Å². The van der Waals surface area contributed by atoms with E-state index in [-0.39, 0.29) is 5.82 Å². The summed E-state index contributed by atoms with van der Waals surface area (Å²) < 4.78 is 13.9. The van der Waals surface area contributed by atoms with Crippen LogP contribution in [0.2, 0.25) is 5.02 Å². The molecule has 2 aromatic carbocycles. The van der Waals surface area contributed by atoms with Gasteiger partial charge in [0.1, 0.15) is 5.82 Å². The first-order valence-corrected chi connectivity index (χ1v) is 6.98. The van der Waals surface area contributed by atoms with Crippen molar-refractivity contribution in [3.8, 4) is 0 Å². The van der Waals surface area contributed by atoms with Crippen LogP contribution < -0.4 is 5.73 Å². The molecular weight excluding hydrogens is 273 g/mol. The molecule has 3 heteroatoms. The highest BCUT2D eigenvalue weighted by Gasteiger charge is 2.26. The molecule has 0 aromatic heterocycles. The smallest absolute Gasteiger partial charge is 0.127 e. The summed E-state index contributed by atoms with van der Waals surface area (Å²) in [7, 11) is 0. The second-order valence-electron chi connectivity index (χ2n) is 5.61. The van der Waals surface area contributed by atoms with Gasteiger partial charge in [0.25, 0.3) is 0 Å². The molecule has 0 aliphatic rings. The van der Waals surface area contributed by atoms with E-state index < -0.39 is 5.54 Å². The Morgan fingerprint density at radius 1 is 1.20 bits per heavy atom. The van der Waals surface area contributed by atoms with Crippen molar-refractivity contribution in [1.82, 2.24) is 0 Å². The van der Waals surface area contributed by atoms with Gasteiger partial charge in [-0.2, -0.15) is 0 Å². The van der Waals surface area contributed by atoms with E-state index in [0.29, 0.717) is 17.0 Å². The first-order chi connectivity index (χ1) is 9.31. The van der Waals surface area contributed by atoms with Crippen LogP contribution >= 0.6 is 11.6 Å². The van der Waals surface area contributed by atoms with Crippen LogP contribution in [0.15, 0.2) is 36.4 Å². The molecule has 2 aromatic rings. The molecule has 0 heterocycles. The van der Waals surface area contributed by atoms with Gasteiger partial charge in [-0.25, -0.2) is 4.39 Å². The Morgan fingerprint density at radius 3 is 2.55 bits per heavy atom. The van der Waals surface area contributed by atoms with Gasteiger partial charge >= 0.3 is 0 Å². The van der Waals surface area contributed by atoms with Crippen LogP contribution in [0, 0.1) is 19.7 Å². The number of hydrogen-bond donors (Lipinski definition) is 1. The van der Waals surface area contributed by atoms with E-state index in [1.54, 1.807) is 12.1 Å². The van der Waals surface area contributed by atoms with Crippen molar-refractivity contribution in [2.24, 2.45) is 5.73 Å². The summed E-state index contributed by atoms with van der Waals surface area (Å²) in [5.41, 5.74) is 9.53. The molecule has 0 amide bonds. The van der Waals surface area contributed by atoms with Crippen LogP contribution in [0.25, 0.3) is 0 Å². The molecule has 20 heavy (non-hydrogen) atoms. The summed E-state index contributed by atoms with van der Waals surface area (Å²) in [6.07, 6.45) is 0.364. The minimum absolute atomic E-state index is 0.306. The fraction of sp³-hybridized carbons (Fsp3) is 0.294. The third-order valence-corrected chi connectivity index (χ3v) is 3.97. The van der Waals surface area contributed by atoms with Crippen molar-refractivity contribution in [2.45, 2.75) is 32.7 Å². The Hall–Kier alpha value is -1.38. The van der Waals surface area contributed by atoms with Crippen molar-refractivity contribution in [2.75, 3.05) is 0 Å². The van der Waals surface area contributed by atoms with Gasteiger partial charge < -0.3 is 5.73 Å². The highest BCUT2D eigenvalue weighted by molar-refractivity contribution is 6.31. The van der Waals surface area contributed by atoms with Gasteiger partial charge in [0.05, 0.1) is 0 Å². The van der Waals surface area contributed by atoms with E-state index >= 15 is 0 Å². The third kappa shape index (κ3) is 3.02. The fourth-order valence-electron chi connectivity index (χ4n) is 2.51. The van der Waals surface area contributed by atoms with E-state index in [2.05, 4.69) is 6.07 Å². The first kappa shape index (κ1) is 15.0.